The van der Waals surface area contributed by atoms with Crippen LogP contribution in [-0.2, 0) is 0 Å². The molecular weight excluding hydrogens is 184 g/mol. The second-order valence-corrected chi connectivity index (χ2v) is 4.46. The van der Waals surface area contributed by atoms with Gasteiger partial charge in [-0.2, -0.15) is 5.26 Å². The second kappa shape index (κ2) is 4.15. The summed E-state index contributed by atoms with van der Waals surface area (Å²) >= 11 is 0. The fourth-order valence-electron chi connectivity index (χ4n) is 0.989. The molecule has 0 fully saturated rings. The molecule has 0 aromatic carbocycles. The van der Waals surface area contributed by atoms with E-state index < -0.39 is 0 Å². The molecular formula is C13H14N2. The Labute approximate surface area is 91.0 Å². The first-order chi connectivity index (χ1) is 6.92. The average Bonchev–Trinajstić information content (AvgIpc) is 2.14. The predicted octanol–water partition coefficient (Wildman–Crippen LogP) is 2.66. The molecule has 0 bridgehead atoms. The lowest BCUT2D eigenvalue weighted by molar-refractivity contribution is 0.571. The zero-order valence-electron chi connectivity index (χ0n) is 9.55. The summed E-state index contributed by atoms with van der Waals surface area (Å²) in [5, 5.41) is 8.88. The van der Waals surface area contributed by atoms with Crippen LogP contribution >= 0.6 is 0 Å². The Balaban J connectivity index is 3.19. The van der Waals surface area contributed by atoms with Gasteiger partial charge in [0.25, 0.3) is 0 Å². The van der Waals surface area contributed by atoms with E-state index in [0.717, 1.165) is 5.69 Å². The van der Waals surface area contributed by atoms with Crippen molar-refractivity contribution < 1.29 is 0 Å². The fraction of sp³-hybridized carbons (Fsp3) is 0.385. The summed E-state index contributed by atoms with van der Waals surface area (Å²) in [6.45, 7) is 7.98. The average molecular weight is 198 g/mol. The highest BCUT2D eigenvalue weighted by Gasteiger charge is 2.05. The van der Waals surface area contributed by atoms with Crippen LogP contribution in [0.4, 0.5) is 0 Å². The first-order valence-corrected chi connectivity index (χ1v) is 4.83. The highest BCUT2D eigenvalue weighted by molar-refractivity contribution is 5.44. The van der Waals surface area contributed by atoms with E-state index in [-0.39, 0.29) is 5.41 Å². The van der Waals surface area contributed by atoms with Crippen LogP contribution in [0.1, 0.15) is 37.7 Å². The summed E-state index contributed by atoms with van der Waals surface area (Å²) in [7, 11) is 0. The van der Waals surface area contributed by atoms with Crippen molar-refractivity contribution in [3.05, 3.63) is 29.1 Å². The molecule has 2 nitrogen and oxygen atoms in total. The van der Waals surface area contributed by atoms with Gasteiger partial charge < -0.3 is 0 Å². The third kappa shape index (κ3) is 3.44. The maximum absolute atomic E-state index is 8.88. The number of pyridine rings is 1. The van der Waals surface area contributed by atoms with Crippen molar-refractivity contribution in [2.45, 2.75) is 27.7 Å². The van der Waals surface area contributed by atoms with Crippen LogP contribution in [-0.4, -0.2) is 4.98 Å². The Hall–Kier alpha value is -1.80. The molecule has 1 aromatic rings. The van der Waals surface area contributed by atoms with Gasteiger partial charge in [-0.05, 0) is 45.7 Å². The van der Waals surface area contributed by atoms with Crippen LogP contribution in [0.3, 0.4) is 0 Å². The minimum atomic E-state index is -0.0713. The first kappa shape index (κ1) is 11.3. The molecule has 0 aliphatic heterocycles. The smallest absolute Gasteiger partial charge is 0.131 e. The highest BCUT2D eigenvalue weighted by atomic mass is 14.7. The Kier molecular flexibility index (Phi) is 3.12. The quantitative estimate of drug-likeness (QED) is 0.601. The number of nitrogens with zero attached hydrogens (tertiary/aromatic N) is 2. The van der Waals surface area contributed by atoms with Gasteiger partial charge in [0.2, 0.25) is 0 Å². The van der Waals surface area contributed by atoms with Gasteiger partial charge in [-0.25, -0.2) is 4.98 Å². The topological polar surface area (TPSA) is 36.7 Å². The van der Waals surface area contributed by atoms with Crippen molar-refractivity contribution in [1.29, 1.82) is 5.26 Å². The molecule has 0 radical (unpaired) electrons. The molecule has 1 aromatic heterocycles. The number of hydrogen-bond donors (Lipinski definition) is 0. The highest BCUT2D eigenvalue weighted by Crippen LogP contribution is 2.11. The molecule has 15 heavy (non-hydrogen) atoms. The zero-order chi connectivity index (χ0) is 11.5. The summed E-state index contributed by atoms with van der Waals surface area (Å²) in [5.74, 6) is 6.04. The zero-order valence-corrected chi connectivity index (χ0v) is 9.55. The SMILES string of the molecule is Cc1ccc(C#N)c(C#CC(C)(C)C)n1. The fourth-order valence-corrected chi connectivity index (χ4v) is 0.989. The van der Waals surface area contributed by atoms with Gasteiger partial charge in [0.15, 0.2) is 0 Å². The van der Waals surface area contributed by atoms with Gasteiger partial charge in [0.05, 0.1) is 5.56 Å². The van der Waals surface area contributed by atoms with Crippen LogP contribution in [0.15, 0.2) is 12.1 Å². The Morgan fingerprint density at radius 2 is 1.93 bits per heavy atom. The van der Waals surface area contributed by atoms with Crippen LogP contribution in [0.5, 0.6) is 0 Å². The lowest BCUT2D eigenvalue weighted by Gasteiger charge is -2.06. The van der Waals surface area contributed by atoms with Crippen LogP contribution in [0, 0.1) is 35.5 Å². The number of hydrogen-bond acceptors (Lipinski definition) is 2. The Bertz CT molecular complexity index is 462. The summed E-state index contributed by atoms with van der Waals surface area (Å²) in [6, 6.07) is 5.67. The van der Waals surface area contributed by atoms with Gasteiger partial charge >= 0.3 is 0 Å². The van der Waals surface area contributed by atoms with Crippen molar-refractivity contribution in [3.8, 4) is 17.9 Å². The standard InChI is InChI=1S/C13H14N2/c1-10-5-6-11(9-14)12(15-10)7-8-13(2,3)4/h5-6H,1-4H3. The number of aryl methyl sites for hydroxylation is 1. The van der Waals surface area contributed by atoms with E-state index in [2.05, 4.69) is 22.9 Å². The minimum Gasteiger partial charge on any atom is -0.243 e. The first-order valence-electron chi connectivity index (χ1n) is 4.83. The predicted molar refractivity (Wildman–Crippen MR) is 60.0 cm³/mol. The monoisotopic (exact) mass is 198 g/mol. The van der Waals surface area contributed by atoms with E-state index >= 15 is 0 Å². The van der Waals surface area contributed by atoms with Crippen molar-refractivity contribution in [1.82, 2.24) is 4.98 Å². The summed E-state index contributed by atoms with van der Waals surface area (Å²) in [5.41, 5.74) is 1.93. The van der Waals surface area contributed by atoms with Crippen molar-refractivity contribution in [3.63, 3.8) is 0 Å². The molecule has 76 valence electrons. The molecule has 0 atom stereocenters. The van der Waals surface area contributed by atoms with E-state index in [1.54, 1.807) is 6.07 Å². The van der Waals surface area contributed by atoms with E-state index in [0.29, 0.717) is 11.3 Å². The number of aromatic nitrogens is 1. The summed E-state index contributed by atoms with van der Waals surface area (Å²) in [6.07, 6.45) is 0. The van der Waals surface area contributed by atoms with E-state index in [4.69, 9.17) is 5.26 Å². The Morgan fingerprint density at radius 1 is 1.27 bits per heavy atom. The van der Waals surface area contributed by atoms with E-state index in [1.807, 2.05) is 33.8 Å². The second-order valence-electron chi connectivity index (χ2n) is 4.46. The summed E-state index contributed by atoms with van der Waals surface area (Å²) < 4.78 is 0. The lowest BCUT2D eigenvalue weighted by Crippen LogP contribution is -2.00. The van der Waals surface area contributed by atoms with E-state index in [9.17, 15) is 0 Å². The largest absolute Gasteiger partial charge is 0.243 e. The van der Waals surface area contributed by atoms with Crippen molar-refractivity contribution in [2.75, 3.05) is 0 Å². The molecule has 0 saturated heterocycles. The van der Waals surface area contributed by atoms with Crippen molar-refractivity contribution in [2.24, 2.45) is 5.41 Å². The maximum Gasteiger partial charge on any atom is 0.131 e. The Morgan fingerprint density at radius 3 is 2.47 bits per heavy atom. The minimum absolute atomic E-state index is 0.0713. The number of nitriles is 1. The van der Waals surface area contributed by atoms with Gasteiger partial charge in [0.1, 0.15) is 11.8 Å². The number of rotatable bonds is 0. The lowest BCUT2D eigenvalue weighted by atomic mass is 9.97. The molecule has 0 unspecified atom stereocenters. The molecule has 0 saturated carbocycles. The van der Waals surface area contributed by atoms with Crippen molar-refractivity contribution >= 4 is 0 Å². The molecule has 0 aliphatic carbocycles. The molecule has 1 heterocycles. The van der Waals surface area contributed by atoms with Crippen LogP contribution < -0.4 is 0 Å². The molecule has 0 spiro atoms. The van der Waals surface area contributed by atoms with Gasteiger partial charge in [-0.15, -0.1) is 0 Å². The normalized spacial score (nSPS) is 10.1. The maximum atomic E-state index is 8.88. The van der Waals surface area contributed by atoms with Crippen LogP contribution in [0.25, 0.3) is 0 Å². The molecule has 0 aliphatic rings. The van der Waals surface area contributed by atoms with Gasteiger partial charge in [-0.3, -0.25) is 0 Å². The molecule has 0 N–H and O–H groups in total. The third-order valence-electron chi connectivity index (χ3n) is 1.71. The molecule has 0 amide bonds. The van der Waals surface area contributed by atoms with Crippen LogP contribution in [0.2, 0.25) is 0 Å². The third-order valence-corrected chi connectivity index (χ3v) is 1.71. The van der Waals surface area contributed by atoms with Gasteiger partial charge in [-0.1, -0.05) is 5.92 Å². The van der Waals surface area contributed by atoms with Gasteiger partial charge in [0, 0.05) is 11.1 Å². The molecule has 1 rings (SSSR count). The molecule has 2 heteroatoms. The van der Waals surface area contributed by atoms with E-state index in [1.165, 1.54) is 0 Å². The summed E-state index contributed by atoms with van der Waals surface area (Å²) in [4.78, 5) is 4.25.